The van der Waals surface area contributed by atoms with E-state index in [9.17, 15) is 13.6 Å². The lowest BCUT2D eigenvalue weighted by Gasteiger charge is -2.03. The molecule has 0 fully saturated rings. The number of carbonyl (C=O) groups is 1. The number of alkyl halides is 2. The molecular formula is C7H3BrClF2NO. The highest BCUT2D eigenvalue weighted by Gasteiger charge is 2.14. The molecule has 0 N–H and O–H groups in total. The molecule has 1 rings (SSSR count). The summed E-state index contributed by atoms with van der Waals surface area (Å²) in [6, 6.07) is 0.973. The molecule has 0 bridgehead atoms. The Kier molecular flexibility index (Phi) is 3.33. The van der Waals surface area contributed by atoms with Gasteiger partial charge in [-0.1, -0.05) is 11.6 Å². The maximum absolute atomic E-state index is 12.1. The number of aromatic nitrogens is 1. The molecule has 1 heterocycles. The van der Waals surface area contributed by atoms with Crippen LogP contribution in [0.4, 0.5) is 8.78 Å². The SMILES string of the molecule is O=Cc1c(Cl)cc(C(F)F)nc1Br. The molecule has 0 atom stereocenters. The van der Waals surface area contributed by atoms with Gasteiger partial charge in [-0.15, -0.1) is 0 Å². The summed E-state index contributed by atoms with van der Waals surface area (Å²) in [5, 5.41) is -0.0350. The Bertz CT molecular complexity index is 322. The largest absolute Gasteiger partial charge is 0.298 e. The molecule has 13 heavy (non-hydrogen) atoms. The number of hydrogen-bond acceptors (Lipinski definition) is 2. The molecule has 70 valence electrons. The summed E-state index contributed by atoms with van der Waals surface area (Å²) in [7, 11) is 0. The van der Waals surface area contributed by atoms with Crippen LogP contribution in [0.25, 0.3) is 0 Å². The fourth-order valence-corrected chi connectivity index (χ4v) is 1.60. The summed E-state index contributed by atoms with van der Waals surface area (Å²) in [6.07, 6.45) is -2.25. The van der Waals surface area contributed by atoms with Crippen molar-refractivity contribution >= 4 is 33.8 Å². The number of rotatable bonds is 2. The molecule has 0 aliphatic carbocycles. The van der Waals surface area contributed by atoms with E-state index in [1.54, 1.807) is 0 Å². The number of nitrogens with zero attached hydrogens (tertiary/aromatic N) is 1. The van der Waals surface area contributed by atoms with E-state index >= 15 is 0 Å². The minimum atomic E-state index is -2.70. The van der Waals surface area contributed by atoms with Gasteiger partial charge in [0, 0.05) is 0 Å². The van der Waals surface area contributed by atoms with Crippen molar-refractivity contribution in [1.29, 1.82) is 0 Å². The Morgan fingerprint density at radius 1 is 1.62 bits per heavy atom. The second-order valence-corrected chi connectivity index (χ2v) is 3.31. The lowest BCUT2D eigenvalue weighted by Crippen LogP contribution is -1.95. The van der Waals surface area contributed by atoms with Crippen molar-refractivity contribution in [3.63, 3.8) is 0 Å². The quantitative estimate of drug-likeness (QED) is 0.610. The molecule has 0 unspecified atom stereocenters. The molecule has 0 aliphatic heterocycles. The van der Waals surface area contributed by atoms with Gasteiger partial charge in [0.2, 0.25) is 0 Å². The number of pyridine rings is 1. The molecule has 0 radical (unpaired) electrons. The summed E-state index contributed by atoms with van der Waals surface area (Å²) in [4.78, 5) is 13.8. The molecule has 0 saturated heterocycles. The fraction of sp³-hybridized carbons (Fsp3) is 0.143. The summed E-state index contributed by atoms with van der Waals surface area (Å²) in [5.74, 6) is 0. The van der Waals surface area contributed by atoms with E-state index in [1.165, 1.54) is 0 Å². The van der Waals surface area contributed by atoms with Crippen molar-refractivity contribution in [2.75, 3.05) is 0 Å². The van der Waals surface area contributed by atoms with Crippen LogP contribution in [0, 0.1) is 0 Å². The lowest BCUT2D eigenvalue weighted by atomic mass is 10.3. The predicted molar refractivity (Wildman–Crippen MR) is 47.3 cm³/mol. The lowest BCUT2D eigenvalue weighted by molar-refractivity contribution is 0.112. The second-order valence-electron chi connectivity index (χ2n) is 2.15. The van der Waals surface area contributed by atoms with Crippen LogP contribution in [-0.2, 0) is 0 Å². The Morgan fingerprint density at radius 3 is 2.62 bits per heavy atom. The number of aldehydes is 1. The smallest absolute Gasteiger partial charge is 0.280 e. The molecule has 0 amide bonds. The van der Waals surface area contributed by atoms with Gasteiger partial charge in [0.05, 0.1) is 10.6 Å². The van der Waals surface area contributed by atoms with E-state index in [-0.39, 0.29) is 15.2 Å². The average molecular weight is 270 g/mol. The van der Waals surface area contributed by atoms with Gasteiger partial charge in [-0.2, -0.15) is 0 Å². The summed E-state index contributed by atoms with van der Waals surface area (Å²) < 4.78 is 24.3. The monoisotopic (exact) mass is 269 g/mol. The molecular weight excluding hydrogens is 267 g/mol. The van der Waals surface area contributed by atoms with Crippen molar-refractivity contribution < 1.29 is 13.6 Å². The van der Waals surface area contributed by atoms with E-state index in [0.29, 0.717) is 6.29 Å². The van der Waals surface area contributed by atoms with E-state index in [2.05, 4.69) is 20.9 Å². The van der Waals surface area contributed by atoms with Crippen LogP contribution in [0.2, 0.25) is 5.02 Å². The van der Waals surface area contributed by atoms with Gasteiger partial charge in [0.1, 0.15) is 10.3 Å². The number of carbonyl (C=O) groups excluding carboxylic acids is 1. The predicted octanol–water partition coefficient (Wildman–Crippen LogP) is 3.25. The first-order chi connectivity index (χ1) is 6.06. The maximum atomic E-state index is 12.1. The minimum Gasteiger partial charge on any atom is -0.298 e. The average Bonchev–Trinajstić information content (AvgIpc) is 2.03. The zero-order valence-corrected chi connectivity index (χ0v) is 8.44. The van der Waals surface area contributed by atoms with E-state index in [4.69, 9.17) is 11.6 Å². The van der Waals surface area contributed by atoms with Crippen molar-refractivity contribution in [2.24, 2.45) is 0 Å². The molecule has 1 aromatic heterocycles. The zero-order valence-electron chi connectivity index (χ0n) is 6.10. The molecule has 0 aromatic carbocycles. The van der Waals surface area contributed by atoms with Crippen LogP contribution in [0.1, 0.15) is 22.5 Å². The topological polar surface area (TPSA) is 30.0 Å². The van der Waals surface area contributed by atoms with Gasteiger partial charge in [-0.3, -0.25) is 4.79 Å². The molecule has 0 aliphatic rings. The fourth-order valence-electron chi connectivity index (χ4n) is 0.729. The molecule has 0 spiro atoms. The highest BCUT2D eigenvalue weighted by molar-refractivity contribution is 9.10. The summed E-state index contributed by atoms with van der Waals surface area (Å²) in [5.41, 5.74) is -0.381. The minimum absolute atomic E-state index is 0.0327. The summed E-state index contributed by atoms with van der Waals surface area (Å²) in [6.45, 7) is 0. The third kappa shape index (κ3) is 2.22. The second kappa shape index (κ2) is 4.11. The zero-order chi connectivity index (χ0) is 10.0. The highest BCUT2D eigenvalue weighted by atomic mass is 79.9. The molecule has 1 aromatic rings. The molecule has 2 nitrogen and oxygen atoms in total. The Morgan fingerprint density at radius 2 is 2.23 bits per heavy atom. The van der Waals surface area contributed by atoms with Crippen LogP contribution < -0.4 is 0 Å². The van der Waals surface area contributed by atoms with Crippen molar-refractivity contribution in [1.82, 2.24) is 4.98 Å². The van der Waals surface area contributed by atoms with Crippen LogP contribution in [0.3, 0.4) is 0 Å². The standard InChI is InChI=1S/C7H3BrClF2NO/c8-6-3(2-13)4(9)1-5(12-6)7(10)11/h1-2,7H. The normalized spacial score (nSPS) is 10.5. The van der Waals surface area contributed by atoms with E-state index in [1.807, 2.05) is 0 Å². The van der Waals surface area contributed by atoms with Gasteiger partial charge >= 0.3 is 0 Å². The Labute approximate surface area is 86.0 Å². The third-order valence-corrected chi connectivity index (χ3v) is 2.24. The van der Waals surface area contributed by atoms with Crippen molar-refractivity contribution in [3.8, 4) is 0 Å². The van der Waals surface area contributed by atoms with Crippen molar-refractivity contribution in [2.45, 2.75) is 6.43 Å². The Hall–Kier alpha value is -0.550. The number of hydrogen-bond donors (Lipinski definition) is 0. The van der Waals surface area contributed by atoms with Crippen molar-refractivity contribution in [3.05, 3.63) is 26.9 Å². The van der Waals surface area contributed by atoms with Crippen LogP contribution >= 0.6 is 27.5 Å². The first-order valence-corrected chi connectivity index (χ1v) is 4.32. The number of halogens is 4. The van der Waals surface area contributed by atoms with Crippen LogP contribution in [-0.4, -0.2) is 11.3 Å². The van der Waals surface area contributed by atoms with Crippen LogP contribution in [0.15, 0.2) is 10.7 Å². The third-order valence-electron chi connectivity index (χ3n) is 1.32. The molecule has 6 heteroatoms. The first-order valence-electron chi connectivity index (χ1n) is 3.15. The van der Waals surface area contributed by atoms with Gasteiger partial charge in [0.25, 0.3) is 6.43 Å². The van der Waals surface area contributed by atoms with Gasteiger partial charge in [0.15, 0.2) is 6.29 Å². The highest BCUT2D eigenvalue weighted by Crippen LogP contribution is 2.26. The summed E-state index contributed by atoms with van der Waals surface area (Å²) >= 11 is 8.41. The van der Waals surface area contributed by atoms with E-state index < -0.39 is 12.1 Å². The van der Waals surface area contributed by atoms with Gasteiger partial charge in [-0.25, -0.2) is 13.8 Å². The van der Waals surface area contributed by atoms with Gasteiger partial charge in [-0.05, 0) is 22.0 Å². The Balaban J connectivity index is 3.28. The maximum Gasteiger partial charge on any atom is 0.280 e. The van der Waals surface area contributed by atoms with Gasteiger partial charge < -0.3 is 0 Å². The van der Waals surface area contributed by atoms with E-state index in [0.717, 1.165) is 6.07 Å². The van der Waals surface area contributed by atoms with Crippen LogP contribution in [0.5, 0.6) is 0 Å². The molecule has 0 saturated carbocycles. The first kappa shape index (κ1) is 10.5.